The lowest BCUT2D eigenvalue weighted by Crippen LogP contribution is -2.01. The third kappa shape index (κ3) is 4.26. The summed E-state index contributed by atoms with van der Waals surface area (Å²) in [5, 5.41) is 10.9. The Hall–Kier alpha value is -1.23. The number of hydrogen-bond donors (Lipinski definition) is 1. The van der Waals surface area contributed by atoms with Crippen LogP contribution in [-0.4, -0.2) is 17.3 Å². The maximum absolute atomic E-state index is 10.9. The normalized spacial score (nSPS) is 10.2. The molecule has 0 N–H and O–H groups in total. The van der Waals surface area contributed by atoms with Gasteiger partial charge in [0.25, 0.3) is 0 Å². The second kappa shape index (κ2) is 7.17. The van der Waals surface area contributed by atoms with Gasteiger partial charge < -0.3 is 4.74 Å². The third-order valence-corrected chi connectivity index (χ3v) is 2.75. The van der Waals surface area contributed by atoms with E-state index in [4.69, 9.17) is 4.74 Å². The lowest BCUT2D eigenvalue weighted by molar-refractivity contribution is -0.385. The Kier molecular flexibility index (Phi) is 5.83. The zero-order valence-electron chi connectivity index (χ0n) is 9.89. The van der Waals surface area contributed by atoms with Crippen LogP contribution in [0.15, 0.2) is 18.2 Å². The predicted octanol–water partition coefficient (Wildman–Crippen LogP) is 3.25. The van der Waals surface area contributed by atoms with E-state index < -0.39 is 4.92 Å². The molecule has 0 aliphatic carbocycles. The van der Waals surface area contributed by atoms with Crippen LogP contribution in [0.2, 0.25) is 0 Å². The Morgan fingerprint density at radius 2 is 2.18 bits per heavy atom. The number of nitro groups is 1. The van der Waals surface area contributed by atoms with Crippen molar-refractivity contribution in [3.8, 4) is 5.75 Å². The molecule has 5 heteroatoms. The van der Waals surface area contributed by atoms with Crippen molar-refractivity contribution < 1.29 is 9.66 Å². The smallest absolute Gasteiger partial charge is 0.311 e. The molecule has 0 radical (unpaired) electrons. The van der Waals surface area contributed by atoms with Crippen LogP contribution in [0.4, 0.5) is 5.69 Å². The molecule has 0 saturated carbocycles. The Bertz CT molecular complexity index is 382. The molecule has 0 unspecified atom stereocenters. The summed E-state index contributed by atoms with van der Waals surface area (Å²) in [5.74, 6) is 1.16. The highest BCUT2D eigenvalue weighted by molar-refractivity contribution is 7.80. The van der Waals surface area contributed by atoms with Gasteiger partial charge in [-0.25, -0.2) is 0 Å². The van der Waals surface area contributed by atoms with Crippen molar-refractivity contribution in [2.24, 2.45) is 0 Å². The van der Waals surface area contributed by atoms with Gasteiger partial charge in [-0.15, -0.1) is 0 Å². The number of nitro benzene ring substituents is 1. The molecule has 0 heterocycles. The van der Waals surface area contributed by atoms with Crippen molar-refractivity contribution in [3.63, 3.8) is 0 Å². The quantitative estimate of drug-likeness (QED) is 0.352. The van der Waals surface area contributed by atoms with Gasteiger partial charge in [-0.2, -0.15) is 12.6 Å². The number of aryl methyl sites for hydroxylation is 1. The molecule has 17 heavy (non-hydrogen) atoms. The topological polar surface area (TPSA) is 52.4 Å². The molecule has 0 spiro atoms. The fraction of sp³-hybridized carbons (Fsp3) is 0.500. The Balaban J connectivity index is 2.73. The third-order valence-electron chi connectivity index (χ3n) is 2.44. The number of nitrogens with zero attached hydrogens (tertiary/aromatic N) is 1. The van der Waals surface area contributed by atoms with Crippen molar-refractivity contribution in [2.75, 3.05) is 12.4 Å². The number of ether oxygens (including phenoxy) is 1. The first-order valence-electron chi connectivity index (χ1n) is 5.70. The highest BCUT2D eigenvalue weighted by atomic mass is 32.1. The number of benzene rings is 1. The summed E-state index contributed by atoms with van der Waals surface area (Å²) < 4.78 is 5.42. The first kappa shape index (κ1) is 13.8. The van der Waals surface area contributed by atoms with Gasteiger partial charge >= 0.3 is 5.69 Å². The number of hydrogen-bond acceptors (Lipinski definition) is 4. The largest absolute Gasteiger partial charge is 0.487 e. The molecule has 0 saturated heterocycles. The summed E-state index contributed by atoms with van der Waals surface area (Å²) in [6.45, 7) is 2.46. The molecular weight excluding hydrogens is 238 g/mol. The van der Waals surface area contributed by atoms with Crippen LogP contribution in [0.25, 0.3) is 0 Å². The van der Waals surface area contributed by atoms with E-state index in [1.165, 1.54) is 0 Å². The predicted molar refractivity (Wildman–Crippen MR) is 71.1 cm³/mol. The molecule has 4 nitrogen and oxygen atoms in total. The van der Waals surface area contributed by atoms with Crippen LogP contribution in [0.3, 0.4) is 0 Å². The molecule has 1 aromatic rings. The maximum atomic E-state index is 10.9. The van der Waals surface area contributed by atoms with Crippen molar-refractivity contribution in [1.29, 1.82) is 0 Å². The molecule has 94 valence electrons. The lowest BCUT2D eigenvalue weighted by Gasteiger charge is -2.07. The summed E-state index contributed by atoms with van der Waals surface area (Å²) in [4.78, 5) is 10.5. The summed E-state index contributed by atoms with van der Waals surface area (Å²) >= 11 is 4.10. The average molecular weight is 255 g/mol. The SMILES string of the molecule is CCc1ccc(OCCCCS)c([N+](=O)[O-])c1. The number of thiol groups is 1. The van der Waals surface area contributed by atoms with E-state index in [2.05, 4.69) is 12.6 Å². The minimum atomic E-state index is -0.396. The summed E-state index contributed by atoms with van der Waals surface area (Å²) in [5.41, 5.74) is 0.995. The molecule has 0 aliphatic heterocycles. The van der Waals surface area contributed by atoms with E-state index >= 15 is 0 Å². The van der Waals surface area contributed by atoms with Gasteiger partial charge in [-0.05, 0) is 36.6 Å². The monoisotopic (exact) mass is 255 g/mol. The van der Waals surface area contributed by atoms with Gasteiger partial charge in [0.2, 0.25) is 0 Å². The molecule has 0 bridgehead atoms. The van der Waals surface area contributed by atoms with Crippen LogP contribution in [0, 0.1) is 10.1 Å². The molecule has 0 aromatic heterocycles. The Labute approximate surface area is 107 Å². The lowest BCUT2D eigenvalue weighted by atomic mass is 10.1. The van der Waals surface area contributed by atoms with Gasteiger partial charge in [-0.1, -0.05) is 13.0 Å². The van der Waals surface area contributed by atoms with E-state index in [0.29, 0.717) is 12.4 Å². The standard InChI is InChI=1S/C12H17NO3S/c1-2-10-5-6-12(11(9-10)13(14)15)16-7-3-4-8-17/h5-6,9,17H,2-4,7-8H2,1H3. The van der Waals surface area contributed by atoms with E-state index in [0.717, 1.165) is 30.6 Å². The van der Waals surface area contributed by atoms with Crippen molar-refractivity contribution in [1.82, 2.24) is 0 Å². The van der Waals surface area contributed by atoms with Crippen molar-refractivity contribution in [3.05, 3.63) is 33.9 Å². The minimum absolute atomic E-state index is 0.0511. The second-order valence-electron chi connectivity index (χ2n) is 3.69. The molecule has 0 atom stereocenters. The van der Waals surface area contributed by atoms with Gasteiger partial charge in [0.15, 0.2) is 5.75 Å². The zero-order chi connectivity index (χ0) is 12.7. The zero-order valence-corrected chi connectivity index (χ0v) is 10.8. The van der Waals surface area contributed by atoms with Gasteiger partial charge in [0, 0.05) is 6.07 Å². The maximum Gasteiger partial charge on any atom is 0.311 e. The van der Waals surface area contributed by atoms with Crippen molar-refractivity contribution in [2.45, 2.75) is 26.2 Å². The highest BCUT2D eigenvalue weighted by Crippen LogP contribution is 2.28. The minimum Gasteiger partial charge on any atom is -0.487 e. The van der Waals surface area contributed by atoms with E-state index in [1.54, 1.807) is 12.1 Å². The van der Waals surface area contributed by atoms with Crippen LogP contribution in [0.1, 0.15) is 25.3 Å². The van der Waals surface area contributed by atoms with E-state index in [-0.39, 0.29) is 5.69 Å². The molecule has 1 rings (SSSR count). The summed E-state index contributed by atoms with van der Waals surface area (Å²) in [7, 11) is 0. The number of rotatable bonds is 7. The van der Waals surface area contributed by atoms with Crippen LogP contribution in [0.5, 0.6) is 5.75 Å². The summed E-state index contributed by atoms with van der Waals surface area (Å²) in [6.07, 6.45) is 2.58. The molecule has 0 amide bonds. The average Bonchev–Trinajstić information content (AvgIpc) is 2.34. The molecular formula is C12H17NO3S. The van der Waals surface area contributed by atoms with Crippen LogP contribution < -0.4 is 4.74 Å². The molecule has 0 fully saturated rings. The van der Waals surface area contributed by atoms with E-state index in [1.807, 2.05) is 13.0 Å². The fourth-order valence-corrected chi connectivity index (χ4v) is 1.67. The van der Waals surface area contributed by atoms with Gasteiger partial charge in [0.05, 0.1) is 11.5 Å². The first-order chi connectivity index (χ1) is 8.19. The highest BCUT2D eigenvalue weighted by Gasteiger charge is 2.15. The van der Waals surface area contributed by atoms with Gasteiger partial charge in [-0.3, -0.25) is 10.1 Å². The van der Waals surface area contributed by atoms with E-state index in [9.17, 15) is 10.1 Å². The van der Waals surface area contributed by atoms with Crippen LogP contribution in [-0.2, 0) is 6.42 Å². The van der Waals surface area contributed by atoms with Gasteiger partial charge in [0.1, 0.15) is 0 Å². The first-order valence-corrected chi connectivity index (χ1v) is 6.33. The second-order valence-corrected chi connectivity index (χ2v) is 4.14. The summed E-state index contributed by atoms with van der Waals surface area (Å²) in [6, 6.07) is 5.12. The fourth-order valence-electron chi connectivity index (χ4n) is 1.44. The number of unbranched alkanes of at least 4 members (excludes halogenated alkanes) is 1. The van der Waals surface area contributed by atoms with Crippen molar-refractivity contribution >= 4 is 18.3 Å². The molecule has 1 aromatic carbocycles. The Morgan fingerprint density at radius 1 is 1.41 bits per heavy atom. The Morgan fingerprint density at radius 3 is 2.76 bits per heavy atom. The molecule has 0 aliphatic rings. The van der Waals surface area contributed by atoms with Crippen LogP contribution >= 0.6 is 12.6 Å².